The van der Waals surface area contributed by atoms with Crippen LogP contribution in [0.5, 0.6) is 5.75 Å². The third-order valence-corrected chi connectivity index (χ3v) is 4.98. The second kappa shape index (κ2) is 6.54. The third kappa shape index (κ3) is 3.41. The van der Waals surface area contributed by atoms with Crippen LogP contribution in [0.3, 0.4) is 0 Å². The molecule has 5 heteroatoms. The van der Waals surface area contributed by atoms with E-state index in [1.165, 1.54) is 7.11 Å². The Bertz CT molecular complexity index is 681. The number of carbonyl (C=O) groups excluding carboxylic acids is 1. The van der Waals surface area contributed by atoms with Gasteiger partial charge in [-0.1, -0.05) is 27.7 Å². The Labute approximate surface area is 136 Å². The van der Waals surface area contributed by atoms with Gasteiger partial charge in [0.2, 0.25) is 0 Å². The van der Waals surface area contributed by atoms with Crippen molar-refractivity contribution in [2.24, 2.45) is 0 Å². The summed E-state index contributed by atoms with van der Waals surface area (Å²) in [7, 11) is 1.31. The van der Waals surface area contributed by atoms with E-state index >= 15 is 0 Å². The van der Waals surface area contributed by atoms with Crippen molar-refractivity contribution in [3.8, 4) is 5.75 Å². The Morgan fingerprint density at radius 2 is 1.86 bits per heavy atom. The van der Waals surface area contributed by atoms with Crippen LogP contribution in [0.15, 0.2) is 44.6 Å². The van der Waals surface area contributed by atoms with Gasteiger partial charge in [0.1, 0.15) is 11.3 Å². The smallest absolute Gasteiger partial charge is 0.341 e. The van der Waals surface area contributed by atoms with E-state index in [-0.39, 0.29) is 11.3 Å². The van der Waals surface area contributed by atoms with Gasteiger partial charge in [-0.3, -0.25) is 0 Å². The molecule has 2 rings (SSSR count). The monoisotopic (exact) mass is 366 g/mol. The Balaban J connectivity index is 2.48. The number of carbonyl (C=O) groups is 1. The van der Waals surface area contributed by atoms with E-state index in [0.717, 1.165) is 25.4 Å². The summed E-state index contributed by atoms with van der Waals surface area (Å²) < 4.78 is 5.76. The van der Waals surface area contributed by atoms with Crippen LogP contribution < -0.4 is 0 Å². The lowest BCUT2D eigenvalue weighted by molar-refractivity contribution is 0.0596. The van der Waals surface area contributed by atoms with Crippen LogP contribution in [-0.2, 0) is 4.74 Å². The summed E-state index contributed by atoms with van der Waals surface area (Å²) in [6.07, 6.45) is 0. The van der Waals surface area contributed by atoms with Crippen LogP contribution >= 0.6 is 27.7 Å². The standard InChI is InChI=1S/C16H15BrO3S/c1-9-8-13(18)14(16(19)20-3)10(2)15(9)21-12-6-4-11(17)5-7-12/h4-8,18H,1-3H3. The number of rotatable bonds is 3. The fourth-order valence-electron chi connectivity index (χ4n) is 2.08. The Hall–Kier alpha value is -1.46. The fraction of sp³-hybridized carbons (Fsp3) is 0.188. The van der Waals surface area contributed by atoms with Gasteiger partial charge in [0, 0.05) is 14.3 Å². The van der Waals surface area contributed by atoms with Crippen LogP contribution in [0.4, 0.5) is 0 Å². The summed E-state index contributed by atoms with van der Waals surface area (Å²) >= 11 is 4.97. The zero-order valence-electron chi connectivity index (χ0n) is 11.9. The molecular formula is C16H15BrO3S. The maximum absolute atomic E-state index is 11.8. The van der Waals surface area contributed by atoms with Gasteiger partial charge < -0.3 is 9.84 Å². The molecule has 0 atom stereocenters. The molecule has 0 spiro atoms. The number of esters is 1. The number of halogens is 1. The van der Waals surface area contributed by atoms with Crippen LogP contribution in [0, 0.1) is 13.8 Å². The van der Waals surface area contributed by atoms with Gasteiger partial charge >= 0.3 is 5.97 Å². The fourth-order valence-corrected chi connectivity index (χ4v) is 3.33. The van der Waals surface area contributed by atoms with Crippen molar-refractivity contribution in [1.29, 1.82) is 0 Å². The number of aryl methyl sites for hydroxylation is 1. The molecule has 0 radical (unpaired) electrons. The largest absolute Gasteiger partial charge is 0.507 e. The number of hydrogen-bond acceptors (Lipinski definition) is 4. The summed E-state index contributed by atoms with van der Waals surface area (Å²) in [6.45, 7) is 3.73. The summed E-state index contributed by atoms with van der Waals surface area (Å²) in [6, 6.07) is 9.53. The zero-order valence-corrected chi connectivity index (χ0v) is 14.3. The van der Waals surface area contributed by atoms with Crippen molar-refractivity contribution in [1.82, 2.24) is 0 Å². The number of ether oxygens (including phenoxy) is 1. The highest BCUT2D eigenvalue weighted by Crippen LogP contribution is 2.38. The summed E-state index contributed by atoms with van der Waals surface area (Å²) in [5, 5.41) is 9.98. The number of hydrogen-bond donors (Lipinski definition) is 1. The summed E-state index contributed by atoms with van der Waals surface area (Å²) in [4.78, 5) is 13.8. The number of methoxy groups -OCH3 is 1. The summed E-state index contributed by atoms with van der Waals surface area (Å²) in [5.74, 6) is -0.570. The van der Waals surface area contributed by atoms with Gasteiger partial charge in [0.15, 0.2) is 0 Å². The van der Waals surface area contributed by atoms with Crippen molar-refractivity contribution >= 4 is 33.7 Å². The molecule has 2 aromatic carbocycles. The zero-order chi connectivity index (χ0) is 15.6. The molecule has 0 saturated carbocycles. The molecule has 0 heterocycles. The Kier molecular flexibility index (Phi) is 4.96. The Morgan fingerprint density at radius 1 is 1.24 bits per heavy atom. The molecule has 1 N–H and O–H groups in total. The van der Waals surface area contributed by atoms with Crippen LogP contribution in [0.1, 0.15) is 21.5 Å². The first-order valence-electron chi connectivity index (χ1n) is 6.29. The first-order valence-corrected chi connectivity index (χ1v) is 7.90. The molecule has 2 aromatic rings. The highest BCUT2D eigenvalue weighted by Gasteiger charge is 2.20. The third-order valence-electron chi connectivity index (χ3n) is 3.11. The Morgan fingerprint density at radius 3 is 2.43 bits per heavy atom. The van der Waals surface area contributed by atoms with Gasteiger partial charge in [-0.25, -0.2) is 4.79 Å². The lowest BCUT2D eigenvalue weighted by Crippen LogP contribution is -2.06. The molecule has 0 amide bonds. The van der Waals surface area contributed by atoms with E-state index in [1.807, 2.05) is 38.1 Å². The first kappa shape index (κ1) is 15.9. The summed E-state index contributed by atoms with van der Waals surface area (Å²) in [5.41, 5.74) is 1.88. The van der Waals surface area contributed by atoms with Crippen LogP contribution in [-0.4, -0.2) is 18.2 Å². The van der Waals surface area contributed by atoms with E-state index < -0.39 is 5.97 Å². The molecule has 0 fully saturated rings. The number of phenolic OH excluding ortho intramolecular Hbond substituents is 1. The minimum Gasteiger partial charge on any atom is -0.507 e. The van der Waals surface area contributed by atoms with Crippen LogP contribution in [0.25, 0.3) is 0 Å². The molecule has 0 aliphatic carbocycles. The molecule has 0 saturated heterocycles. The minimum atomic E-state index is -0.525. The van der Waals surface area contributed by atoms with Crippen molar-refractivity contribution in [3.05, 3.63) is 51.5 Å². The van der Waals surface area contributed by atoms with Crippen molar-refractivity contribution in [3.63, 3.8) is 0 Å². The van der Waals surface area contributed by atoms with Gasteiger partial charge in [0.05, 0.1) is 7.11 Å². The second-order valence-electron chi connectivity index (χ2n) is 4.59. The van der Waals surface area contributed by atoms with Crippen LogP contribution in [0.2, 0.25) is 0 Å². The van der Waals surface area contributed by atoms with Gasteiger partial charge in [-0.15, -0.1) is 0 Å². The SMILES string of the molecule is COC(=O)c1c(O)cc(C)c(Sc2ccc(Br)cc2)c1C. The molecule has 0 unspecified atom stereocenters. The van der Waals surface area contributed by atoms with Crippen molar-refractivity contribution in [2.45, 2.75) is 23.6 Å². The number of phenols is 1. The molecule has 0 aliphatic heterocycles. The van der Waals surface area contributed by atoms with Crippen molar-refractivity contribution in [2.75, 3.05) is 7.11 Å². The molecule has 110 valence electrons. The van der Waals surface area contributed by atoms with E-state index in [0.29, 0.717) is 0 Å². The average Bonchev–Trinajstić information content (AvgIpc) is 2.45. The molecule has 0 aromatic heterocycles. The molecule has 0 bridgehead atoms. The quantitative estimate of drug-likeness (QED) is 0.799. The normalized spacial score (nSPS) is 10.5. The topological polar surface area (TPSA) is 46.5 Å². The van der Waals surface area contributed by atoms with Gasteiger partial charge in [0.25, 0.3) is 0 Å². The maximum Gasteiger partial charge on any atom is 0.341 e. The highest BCUT2D eigenvalue weighted by atomic mass is 79.9. The van der Waals surface area contributed by atoms with Gasteiger partial charge in [-0.2, -0.15) is 0 Å². The highest BCUT2D eigenvalue weighted by molar-refractivity contribution is 9.10. The van der Waals surface area contributed by atoms with E-state index in [2.05, 4.69) is 15.9 Å². The molecule has 3 nitrogen and oxygen atoms in total. The van der Waals surface area contributed by atoms with E-state index in [1.54, 1.807) is 17.8 Å². The molecule has 21 heavy (non-hydrogen) atoms. The minimum absolute atomic E-state index is 0.0444. The lowest BCUT2D eigenvalue weighted by Gasteiger charge is -2.14. The maximum atomic E-state index is 11.8. The predicted octanol–water partition coefficient (Wildman–Crippen LogP) is 4.71. The van der Waals surface area contributed by atoms with Gasteiger partial charge in [-0.05, 0) is 55.3 Å². The van der Waals surface area contributed by atoms with E-state index in [9.17, 15) is 9.90 Å². The number of benzene rings is 2. The lowest BCUT2D eigenvalue weighted by atomic mass is 10.0. The second-order valence-corrected chi connectivity index (χ2v) is 6.59. The predicted molar refractivity (Wildman–Crippen MR) is 87.2 cm³/mol. The first-order chi connectivity index (χ1) is 9.93. The van der Waals surface area contributed by atoms with E-state index in [4.69, 9.17) is 4.74 Å². The molecule has 0 aliphatic rings. The average molecular weight is 367 g/mol. The van der Waals surface area contributed by atoms with Crippen molar-refractivity contribution < 1.29 is 14.6 Å². The molecular weight excluding hydrogens is 352 g/mol. The number of aromatic hydroxyl groups is 1.